The topological polar surface area (TPSA) is 50.4 Å². The average molecular weight is 252 g/mol. The van der Waals surface area contributed by atoms with Crippen molar-refractivity contribution < 1.29 is 13.9 Å². The number of carbonyl (C=O) groups excluding carboxylic acids is 1. The maximum Gasteiger partial charge on any atom is 0.319 e. The molecule has 1 aromatic carbocycles. The number of hydrogen-bond donors (Lipinski definition) is 2. The first-order valence-corrected chi connectivity index (χ1v) is 6.16. The fourth-order valence-electron chi connectivity index (χ4n) is 1.95. The largest absolute Gasteiger partial charge is 0.378 e. The van der Waals surface area contributed by atoms with Crippen LogP contribution in [0, 0.1) is 5.82 Å². The highest BCUT2D eigenvalue weighted by Crippen LogP contribution is 2.14. The van der Waals surface area contributed by atoms with E-state index < -0.39 is 11.8 Å². The molecule has 2 N–H and O–H groups in total. The molecule has 0 bridgehead atoms. The van der Waals surface area contributed by atoms with Crippen LogP contribution in [0.4, 0.5) is 14.9 Å². The molecule has 1 aromatic rings. The summed E-state index contributed by atoms with van der Waals surface area (Å²) in [7, 11) is 0. The minimum atomic E-state index is -0.438. The van der Waals surface area contributed by atoms with Gasteiger partial charge < -0.3 is 15.4 Å². The van der Waals surface area contributed by atoms with E-state index in [0.29, 0.717) is 6.54 Å². The lowest BCUT2D eigenvalue weighted by atomic mass is 10.2. The summed E-state index contributed by atoms with van der Waals surface area (Å²) in [5.74, 6) is -0.438. The second-order valence-electron chi connectivity index (χ2n) is 4.28. The molecule has 5 heteroatoms. The quantitative estimate of drug-likeness (QED) is 0.865. The van der Waals surface area contributed by atoms with Gasteiger partial charge >= 0.3 is 6.03 Å². The lowest BCUT2D eigenvalue weighted by Crippen LogP contribution is -2.31. The van der Waals surface area contributed by atoms with Crippen molar-refractivity contribution in [2.24, 2.45) is 0 Å². The fraction of sp³-hybridized carbons (Fsp3) is 0.462. The van der Waals surface area contributed by atoms with Gasteiger partial charge in [-0.05, 0) is 31.4 Å². The van der Waals surface area contributed by atoms with Gasteiger partial charge in [-0.15, -0.1) is 0 Å². The minimum Gasteiger partial charge on any atom is -0.378 e. The Balaban J connectivity index is 1.70. The predicted octanol–water partition coefficient (Wildman–Crippen LogP) is 2.52. The van der Waals surface area contributed by atoms with E-state index in [0.717, 1.165) is 25.9 Å². The first-order valence-electron chi connectivity index (χ1n) is 6.16. The van der Waals surface area contributed by atoms with Crippen LogP contribution < -0.4 is 10.6 Å². The van der Waals surface area contributed by atoms with Gasteiger partial charge in [-0.25, -0.2) is 9.18 Å². The molecule has 4 nitrogen and oxygen atoms in total. The summed E-state index contributed by atoms with van der Waals surface area (Å²) in [5, 5.41) is 5.16. The number of para-hydroxylation sites is 1. The molecule has 1 aliphatic rings. The van der Waals surface area contributed by atoms with Gasteiger partial charge in [0.2, 0.25) is 0 Å². The van der Waals surface area contributed by atoms with Crippen molar-refractivity contribution in [2.45, 2.75) is 25.4 Å². The number of nitrogens with one attached hydrogen (secondary N) is 2. The Morgan fingerprint density at radius 2 is 2.28 bits per heavy atom. The van der Waals surface area contributed by atoms with Crippen LogP contribution in [0.2, 0.25) is 0 Å². The molecule has 1 fully saturated rings. The van der Waals surface area contributed by atoms with E-state index in [9.17, 15) is 9.18 Å². The van der Waals surface area contributed by atoms with Crippen molar-refractivity contribution in [1.82, 2.24) is 5.32 Å². The lowest BCUT2D eigenvalue weighted by Gasteiger charge is -2.11. The molecule has 0 spiro atoms. The second kappa shape index (κ2) is 6.35. The van der Waals surface area contributed by atoms with Gasteiger partial charge in [-0.2, -0.15) is 0 Å². The molecular weight excluding hydrogens is 235 g/mol. The summed E-state index contributed by atoms with van der Waals surface area (Å²) < 4.78 is 18.7. The Labute approximate surface area is 106 Å². The molecule has 1 atom stereocenters. The van der Waals surface area contributed by atoms with Gasteiger partial charge in [0.25, 0.3) is 0 Å². The van der Waals surface area contributed by atoms with Gasteiger partial charge in [0, 0.05) is 13.2 Å². The average Bonchev–Trinajstić information content (AvgIpc) is 2.85. The Hall–Kier alpha value is -1.62. The zero-order valence-corrected chi connectivity index (χ0v) is 10.1. The predicted molar refractivity (Wildman–Crippen MR) is 67.0 cm³/mol. The van der Waals surface area contributed by atoms with Gasteiger partial charge in [0.05, 0.1) is 11.8 Å². The first-order chi connectivity index (χ1) is 8.75. The molecule has 0 aromatic heterocycles. The molecule has 2 amide bonds. The molecule has 0 aliphatic carbocycles. The van der Waals surface area contributed by atoms with Crippen LogP contribution in [0.1, 0.15) is 19.3 Å². The number of benzene rings is 1. The smallest absolute Gasteiger partial charge is 0.319 e. The van der Waals surface area contributed by atoms with Crippen LogP contribution in [0.15, 0.2) is 24.3 Å². The van der Waals surface area contributed by atoms with Crippen molar-refractivity contribution in [3.63, 3.8) is 0 Å². The Bertz CT molecular complexity index is 406. The van der Waals surface area contributed by atoms with Crippen LogP contribution in [0.3, 0.4) is 0 Å². The van der Waals surface area contributed by atoms with Crippen molar-refractivity contribution >= 4 is 11.7 Å². The van der Waals surface area contributed by atoms with Crippen molar-refractivity contribution in [3.05, 3.63) is 30.1 Å². The Morgan fingerprint density at radius 1 is 1.44 bits per heavy atom. The van der Waals surface area contributed by atoms with Crippen LogP contribution in [0.25, 0.3) is 0 Å². The van der Waals surface area contributed by atoms with E-state index in [2.05, 4.69) is 10.6 Å². The number of urea groups is 1. The highest BCUT2D eigenvalue weighted by atomic mass is 19.1. The van der Waals surface area contributed by atoms with Gasteiger partial charge in [-0.3, -0.25) is 0 Å². The third-order valence-electron chi connectivity index (χ3n) is 2.90. The van der Waals surface area contributed by atoms with Crippen LogP contribution in [0.5, 0.6) is 0 Å². The highest BCUT2D eigenvalue weighted by Gasteiger charge is 2.15. The fourth-order valence-corrected chi connectivity index (χ4v) is 1.95. The summed E-state index contributed by atoms with van der Waals surface area (Å²) in [6, 6.07) is 5.69. The molecule has 1 heterocycles. The molecule has 1 unspecified atom stereocenters. The van der Waals surface area contributed by atoms with Crippen molar-refractivity contribution in [2.75, 3.05) is 18.5 Å². The number of halogens is 1. The molecular formula is C13H17FN2O2. The van der Waals surface area contributed by atoms with E-state index in [4.69, 9.17) is 4.74 Å². The third-order valence-corrected chi connectivity index (χ3v) is 2.90. The molecule has 1 aliphatic heterocycles. The van der Waals surface area contributed by atoms with E-state index in [1.165, 1.54) is 12.1 Å². The third kappa shape index (κ3) is 3.70. The maximum atomic E-state index is 13.3. The Kier molecular flexibility index (Phi) is 4.52. The normalized spacial score (nSPS) is 18.6. The Morgan fingerprint density at radius 3 is 3.00 bits per heavy atom. The van der Waals surface area contributed by atoms with Crippen LogP contribution in [-0.2, 0) is 4.74 Å². The van der Waals surface area contributed by atoms with E-state index in [1.54, 1.807) is 12.1 Å². The molecule has 18 heavy (non-hydrogen) atoms. The molecule has 98 valence electrons. The van der Waals surface area contributed by atoms with E-state index in [1.807, 2.05) is 0 Å². The molecule has 0 radical (unpaired) electrons. The number of amides is 2. The SMILES string of the molecule is O=C(NCCC1CCCO1)Nc1ccccc1F. The number of rotatable bonds is 4. The number of ether oxygens (including phenoxy) is 1. The number of anilines is 1. The summed E-state index contributed by atoms with van der Waals surface area (Å²) in [6.07, 6.45) is 3.19. The maximum absolute atomic E-state index is 13.3. The lowest BCUT2D eigenvalue weighted by molar-refractivity contribution is 0.105. The molecule has 2 rings (SSSR count). The van der Waals surface area contributed by atoms with Gasteiger partial charge in [0.15, 0.2) is 0 Å². The molecule has 1 saturated heterocycles. The van der Waals surface area contributed by atoms with Crippen molar-refractivity contribution in [1.29, 1.82) is 0 Å². The summed E-state index contributed by atoms with van der Waals surface area (Å²) in [4.78, 5) is 11.5. The summed E-state index contributed by atoms with van der Waals surface area (Å²) in [6.45, 7) is 1.34. The number of carbonyl (C=O) groups is 1. The number of hydrogen-bond acceptors (Lipinski definition) is 2. The standard InChI is InChI=1S/C13H17FN2O2/c14-11-5-1-2-6-12(11)16-13(17)15-8-7-10-4-3-9-18-10/h1-2,5-6,10H,3-4,7-9H2,(H2,15,16,17). The van der Waals surface area contributed by atoms with Crippen LogP contribution in [-0.4, -0.2) is 25.3 Å². The van der Waals surface area contributed by atoms with Gasteiger partial charge in [-0.1, -0.05) is 12.1 Å². The van der Waals surface area contributed by atoms with E-state index >= 15 is 0 Å². The zero-order valence-electron chi connectivity index (χ0n) is 10.1. The van der Waals surface area contributed by atoms with Gasteiger partial charge in [0.1, 0.15) is 5.82 Å². The zero-order chi connectivity index (χ0) is 12.8. The first kappa shape index (κ1) is 12.8. The second-order valence-corrected chi connectivity index (χ2v) is 4.28. The van der Waals surface area contributed by atoms with E-state index in [-0.39, 0.29) is 11.8 Å². The van der Waals surface area contributed by atoms with Crippen LogP contribution >= 0.6 is 0 Å². The highest BCUT2D eigenvalue weighted by molar-refractivity contribution is 5.89. The monoisotopic (exact) mass is 252 g/mol. The summed E-state index contributed by atoms with van der Waals surface area (Å²) in [5.41, 5.74) is 0.187. The minimum absolute atomic E-state index is 0.187. The van der Waals surface area contributed by atoms with Crippen molar-refractivity contribution in [3.8, 4) is 0 Å². The summed E-state index contributed by atoms with van der Waals surface area (Å²) >= 11 is 0. The molecule has 0 saturated carbocycles.